The molecule has 2 heteroatoms. The lowest BCUT2D eigenvalue weighted by Gasteiger charge is -2.40. The van der Waals surface area contributed by atoms with Gasteiger partial charge in [-0.25, -0.2) is 0 Å². The molecule has 2 nitrogen and oxygen atoms in total. The molecule has 2 aliphatic carbocycles. The number of hydrogen-bond acceptors (Lipinski definition) is 2. The van der Waals surface area contributed by atoms with Crippen LogP contribution < -0.4 is 4.74 Å². The van der Waals surface area contributed by atoms with Gasteiger partial charge in [-0.05, 0) is 91.2 Å². The maximum absolute atomic E-state index is 11.1. The Morgan fingerprint density at radius 1 is 0.903 bits per heavy atom. The van der Waals surface area contributed by atoms with Gasteiger partial charge in [0.05, 0.1) is 13.2 Å². The Kier molecular flexibility index (Phi) is 7.38. The molecule has 0 radical (unpaired) electrons. The third kappa shape index (κ3) is 5.17. The maximum Gasteiger partial charge on any atom is 0.118 e. The Morgan fingerprint density at radius 2 is 1.61 bits per heavy atom. The topological polar surface area (TPSA) is 29.5 Å². The molecule has 0 bridgehead atoms. The van der Waals surface area contributed by atoms with E-state index in [9.17, 15) is 5.11 Å². The van der Waals surface area contributed by atoms with Gasteiger partial charge in [0.2, 0.25) is 0 Å². The summed E-state index contributed by atoms with van der Waals surface area (Å²) in [7, 11) is 1.70. The summed E-state index contributed by atoms with van der Waals surface area (Å²) in [5.74, 6) is 3.72. The number of ether oxygens (including phenoxy) is 1. The summed E-state index contributed by atoms with van der Waals surface area (Å²) < 4.78 is 5.29. The molecule has 0 amide bonds. The first kappa shape index (κ1) is 22.4. The standard InChI is InChI=1S/C29H40O2/c1-4-5-21-6-8-22(9-7-21)24-12-17-28(29(30)19-24)25-13-16-27(20(2)18-25)23-10-14-26(31-3)15-11-23/h10-11,13-16,18,21-22,24,28-30H,4-9,12,17,19H2,1-3H3. The first-order chi connectivity index (χ1) is 15.1. The van der Waals surface area contributed by atoms with E-state index in [0.717, 1.165) is 36.3 Å². The zero-order valence-electron chi connectivity index (χ0n) is 19.6. The van der Waals surface area contributed by atoms with Crippen molar-refractivity contribution >= 4 is 0 Å². The fourth-order valence-corrected chi connectivity index (χ4v) is 6.36. The summed E-state index contributed by atoms with van der Waals surface area (Å²) in [6.07, 6.45) is 11.6. The van der Waals surface area contributed by atoms with Gasteiger partial charge in [-0.15, -0.1) is 0 Å². The lowest BCUT2D eigenvalue weighted by atomic mass is 9.67. The minimum Gasteiger partial charge on any atom is -0.497 e. The van der Waals surface area contributed by atoms with Crippen molar-refractivity contribution in [3.8, 4) is 16.9 Å². The number of methoxy groups -OCH3 is 1. The predicted octanol–water partition coefficient (Wildman–Crippen LogP) is 7.52. The normalized spacial score (nSPS) is 29.0. The summed E-state index contributed by atoms with van der Waals surface area (Å²) in [4.78, 5) is 0. The molecule has 1 N–H and O–H groups in total. The molecule has 2 aliphatic rings. The van der Waals surface area contributed by atoms with Crippen LogP contribution in [0, 0.1) is 24.7 Å². The van der Waals surface area contributed by atoms with Crippen molar-refractivity contribution < 1.29 is 9.84 Å². The second-order valence-electron chi connectivity index (χ2n) is 10.1. The van der Waals surface area contributed by atoms with E-state index in [1.54, 1.807) is 7.11 Å². The Balaban J connectivity index is 1.39. The average molecular weight is 421 g/mol. The highest BCUT2D eigenvalue weighted by molar-refractivity contribution is 5.68. The first-order valence-corrected chi connectivity index (χ1v) is 12.5. The van der Waals surface area contributed by atoms with Crippen molar-refractivity contribution in [3.05, 3.63) is 53.6 Å². The van der Waals surface area contributed by atoms with E-state index in [1.807, 2.05) is 12.1 Å². The van der Waals surface area contributed by atoms with Gasteiger partial charge in [-0.1, -0.05) is 62.9 Å². The minimum atomic E-state index is -0.196. The van der Waals surface area contributed by atoms with Gasteiger partial charge < -0.3 is 9.84 Å². The van der Waals surface area contributed by atoms with Gasteiger partial charge in [0.1, 0.15) is 5.75 Å². The molecule has 0 saturated heterocycles. The van der Waals surface area contributed by atoms with Crippen LogP contribution in [-0.2, 0) is 0 Å². The van der Waals surface area contributed by atoms with Gasteiger partial charge in [0.25, 0.3) is 0 Å². The van der Waals surface area contributed by atoms with Crippen molar-refractivity contribution in [1.82, 2.24) is 0 Å². The highest BCUT2D eigenvalue weighted by Crippen LogP contribution is 2.45. The van der Waals surface area contributed by atoms with Crippen molar-refractivity contribution in [2.24, 2.45) is 17.8 Å². The molecule has 0 spiro atoms. The van der Waals surface area contributed by atoms with Crippen LogP contribution in [0.1, 0.15) is 81.8 Å². The van der Waals surface area contributed by atoms with E-state index in [4.69, 9.17) is 4.74 Å². The molecule has 2 saturated carbocycles. The smallest absolute Gasteiger partial charge is 0.118 e. The molecule has 0 aliphatic heterocycles. The molecule has 31 heavy (non-hydrogen) atoms. The van der Waals surface area contributed by atoms with Crippen LogP contribution in [0.15, 0.2) is 42.5 Å². The zero-order valence-corrected chi connectivity index (χ0v) is 19.6. The predicted molar refractivity (Wildman–Crippen MR) is 130 cm³/mol. The van der Waals surface area contributed by atoms with Crippen molar-refractivity contribution in [2.75, 3.05) is 7.11 Å². The molecule has 3 unspecified atom stereocenters. The monoisotopic (exact) mass is 420 g/mol. The molecule has 168 valence electrons. The van der Waals surface area contributed by atoms with Gasteiger partial charge in [0.15, 0.2) is 0 Å². The van der Waals surface area contributed by atoms with Gasteiger partial charge >= 0.3 is 0 Å². The van der Waals surface area contributed by atoms with Crippen LogP contribution in [0.3, 0.4) is 0 Å². The maximum atomic E-state index is 11.1. The van der Waals surface area contributed by atoms with Gasteiger partial charge in [0, 0.05) is 5.92 Å². The number of rotatable bonds is 6. The highest BCUT2D eigenvalue weighted by Gasteiger charge is 2.35. The summed E-state index contributed by atoms with van der Waals surface area (Å²) in [6, 6.07) is 15.1. The molecular formula is C29H40O2. The summed E-state index contributed by atoms with van der Waals surface area (Å²) in [5.41, 5.74) is 5.07. The van der Waals surface area contributed by atoms with E-state index in [0.29, 0.717) is 0 Å². The number of benzene rings is 2. The van der Waals surface area contributed by atoms with Crippen LogP contribution in [0.4, 0.5) is 0 Å². The van der Waals surface area contributed by atoms with E-state index >= 15 is 0 Å². The molecule has 3 atom stereocenters. The third-order valence-corrected chi connectivity index (χ3v) is 8.19. The molecule has 0 heterocycles. The molecule has 2 aromatic carbocycles. The van der Waals surface area contributed by atoms with Crippen LogP contribution in [0.2, 0.25) is 0 Å². The van der Waals surface area contributed by atoms with Crippen LogP contribution >= 0.6 is 0 Å². The van der Waals surface area contributed by atoms with E-state index in [1.165, 1.54) is 67.2 Å². The molecule has 4 rings (SSSR count). The Bertz CT molecular complexity index is 832. The lowest BCUT2D eigenvalue weighted by molar-refractivity contribution is 0.0467. The van der Waals surface area contributed by atoms with Crippen molar-refractivity contribution in [3.63, 3.8) is 0 Å². The number of aliphatic hydroxyl groups is 1. The minimum absolute atomic E-state index is 0.196. The number of aliphatic hydroxyl groups excluding tert-OH is 1. The lowest BCUT2D eigenvalue weighted by Crippen LogP contribution is -2.33. The number of aryl methyl sites for hydroxylation is 1. The molecule has 2 aromatic rings. The summed E-state index contributed by atoms with van der Waals surface area (Å²) in [6.45, 7) is 4.50. The second-order valence-corrected chi connectivity index (χ2v) is 10.1. The molecular weight excluding hydrogens is 380 g/mol. The molecule has 2 fully saturated rings. The largest absolute Gasteiger partial charge is 0.497 e. The van der Waals surface area contributed by atoms with Gasteiger partial charge in [-0.3, -0.25) is 0 Å². The first-order valence-electron chi connectivity index (χ1n) is 12.5. The number of hydrogen-bond donors (Lipinski definition) is 1. The Hall–Kier alpha value is -1.80. The van der Waals surface area contributed by atoms with E-state index < -0.39 is 0 Å². The van der Waals surface area contributed by atoms with Crippen molar-refractivity contribution in [1.29, 1.82) is 0 Å². The zero-order chi connectivity index (χ0) is 21.8. The van der Waals surface area contributed by atoms with E-state index in [2.05, 4.69) is 44.2 Å². The Labute approximate surface area is 189 Å². The average Bonchev–Trinajstić information content (AvgIpc) is 2.80. The van der Waals surface area contributed by atoms with Crippen LogP contribution in [-0.4, -0.2) is 18.3 Å². The fraction of sp³-hybridized carbons (Fsp3) is 0.586. The quantitative estimate of drug-likeness (QED) is 0.523. The van der Waals surface area contributed by atoms with Crippen LogP contribution in [0.25, 0.3) is 11.1 Å². The summed E-state index contributed by atoms with van der Waals surface area (Å²) >= 11 is 0. The SMILES string of the molecule is CCCC1CCC(C2CCC(c3ccc(-c4ccc(OC)cc4)c(C)c3)C(O)C2)CC1. The highest BCUT2D eigenvalue weighted by atomic mass is 16.5. The molecule has 0 aromatic heterocycles. The Morgan fingerprint density at radius 3 is 2.23 bits per heavy atom. The van der Waals surface area contributed by atoms with Crippen molar-refractivity contribution in [2.45, 2.75) is 83.7 Å². The second kappa shape index (κ2) is 10.2. The summed E-state index contributed by atoms with van der Waals surface area (Å²) in [5, 5.41) is 11.1. The van der Waals surface area contributed by atoms with Gasteiger partial charge in [-0.2, -0.15) is 0 Å². The van der Waals surface area contributed by atoms with E-state index in [-0.39, 0.29) is 12.0 Å². The van der Waals surface area contributed by atoms with Crippen LogP contribution in [0.5, 0.6) is 5.75 Å². The third-order valence-electron chi connectivity index (χ3n) is 8.19. The fourth-order valence-electron chi connectivity index (χ4n) is 6.36.